The third-order valence-electron chi connectivity index (χ3n) is 5.53. The number of H-pyrrole nitrogens is 1. The molecule has 7 heteroatoms. The number of carbonyl (C=O) groups excluding carboxylic acids is 2. The largest absolute Gasteiger partial charge is 0.462 e. The number of aromatic amines is 1. The van der Waals surface area contributed by atoms with Gasteiger partial charge in [0, 0.05) is 54.2 Å². The molecule has 3 rings (SSSR count). The number of rotatable bonds is 6. The standard InChI is InChI=1S/C24H30ClN3O3/c1-6-8-20(29)28-14-18(23(30)31-7-2)22-21(24(3,4)15-28)17-10-9-16(13-19(17)26-22)27(5)12-11-25/h6,8-10,13-14,26H,7,11-12,15H2,1-5H3/b8-6+. The highest BCUT2D eigenvalue weighted by molar-refractivity contribution is 6.19. The topological polar surface area (TPSA) is 65.6 Å². The highest BCUT2D eigenvalue weighted by Gasteiger charge is 2.37. The molecule has 166 valence electrons. The number of amides is 1. The first-order chi connectivity index (χ1) is 14.7. The number of esters is 1. The summed E-state index contributed by atoms with van der Waals surface area (Å²) in [7, 11) is 2.00. The number of alkyl halides is 1. The zero-order valence-electron chi connectivity index (χ0n) is 18.8. The van der Waals surface area contributed by atoms with Crippen LogP contribution < -0.4 is 4.90 Å². The fourth-order valence-electron chi connectivity index (χ4n) is 4.10. The van der Waals surface area contributed by atoms with E-state index in [1.54, 1.807) is 31.0 Å². The number of carbonyl (C=O) groups is 2. The highest BCUT2D eigenvalue weighted by Crippen LogP contribution is 2.41. The van der Waals surface area contributed by atoms with Gasteiger partial charge in [-0.25, -0.2) is 4.79 Å². The average Bonchev–Trinajstić information content (AvgIpc) is 3.05. The van der Waals surface area contributed by atoms with Crippen LogP contribution in [0.5, 0.6) is 0 Å². The van der Waals surface area contributed by atoms with E-state index in [1.165, 1.54) is 6.08 Å². The zero-order chi connectivity index (χ0) is 22.8. The molecule has 1 aliphatic heterocycles. The van der Waals surface area contributed by atoms with Crippen molar-refractivity contribution in [2.45, 2.75) is 33.1 Å². The van der Waals surface area contributed by atoms with Gasteiger partial charge in [0.05, 0.1) is 17.9 Å². The number of halogens is 1. The van der Waals surface area contributed by atoms with E-state index in [2.05, 4.69) is 41.9 Å². The minimum atomic E-state index is -0.453. The Morgan fingerprint density at radius 3 is 2.74 bits per heavy atom. The van der Waals surface area contributed by atoms with Crippen LogP contribution in [-0.2, 0) is 19.7 Å². The summed E-state index contributed by atoms with van der Waals surface area (Å²) >= 11 is 5.90. The van der Waals surface area contributed by atoms with Gasteiger partial charge in [0.15, 0.2) is 0 Å². The zero-order valence-corrected chi connectivity index (χ0v) is 19.5. The number of anilines is 1. The molecule has 0 unspecified atom stereocenters. The molecule has 1 amide bonds. The van der Waals surface area contributed by atoms with Crippen molar-refractivity contribution in [3.8, 4) is 0 Å². The number of aromatic nitrogens is 1. The van der Waals surface area contributed by atoms with Gasteiger partial charge >= 0.3 is 5.97 Å². The molecule has 0 atom stereocenters. The van der Waals surface area contributed by atoms with Crippen molar-refractivity contribution in [1.82, 2.24) is 9.88 Å². The summed E-state index contributed by atoms with van der Waals surface area (Å²) in [6.07, 6.45) is 4.82. The summed E-state index contributed by atoms with van der Waals surface area (Å²) in [6.45, 7) is 9.17. The molecule has 2 heterocycles. The molecule has 0 spiro atoms. The highest BCUT2D eigenvalue weighted by atomic mass is 35.5. The Bertz CT molecular complexity index is 1050. The Morgan fingerprint density at radius 2 is 2.10 bits per heavy atom. The van der Waals surface area contributed by atoms with Gasteiger partial charge in [0.25, 0.3) is 0 Å². The first-order valence-electron chi connectivity index (χ1n) is 10.5. The van der Waals surface area contributed by atoms with E-state index in [0.29, 0.717) is 23.7 Å². The van der Waals surface area contributed by atoms with E-state index in [-0.39, 0.29) is 12.5 Å². The second-order valence-corrected chi connectivity index (χ2v) is 8.71. The third-order valence-corrected chi connectivity index (χ3v) is 5.70. The van der Waals surface area contributed by atoms with Gasteiger partial charge in [0.1, 0.15) is 0 Å². The second kappa shape index (κ2) is 9.18. The van der Waals surface area contributed by atoms with Crippen molar-refractivity contribution in [1.29, 1.82) is 0 Å². The number of hydrogen-bond acceptors (Lipinski definition) is 4. The number of fused-ring (bicyclic) bond motifs is 3. The van der Waals surface area contributed by atoms with E-state index in [1.807, 2.05) is 7.05 Å². The maximum Gasteiger partial charge on any atom is 0.341 e. The van der Waals surface area contributed by atoms with Crippen LogP contribution in [0.1, 0.15) is 39.0 Å². The second-order valence-electron chi connectivity index (χ2n) is 8.33. The van der Waals surface area contributed by atoms with Crippen LogP contribution in [-0.4, -0.2) is 54.4 Å². The lowest BCUT2D eigenvalue weighted by atomic mass is 9.81. The molecule has 1 aromatic carbocycles. The van der Waals surface area contributed by atoms with E-state index >= 15 is 0 Å². The van der Waals surface area contributed by atoms with Crippen LogP contribution in [0.15, 0.2) is 36.6 Å². The summed E-state index contributed by atoms with van der Waals surface area (Å²) < 4.78 is 5.33. The molecule has 1 aromatic heterocycles. The number of ether oxygens (including phenoxy) is 1. The molecule has 0 radical (unpaired) electrons. The lowest BCUT2D eigenvalue weighted by Gasteiger charge is -2.29. The van der Waals surface area contributed by atoms with Gasteiger partial charge < -0.3 is 19.5 Å². The van der Waals surface area contributed by atoms with Crippen molar-refractivity contribution in [3.63, 3.8) is 0 Å². The fraction of sp³-hybridized carbons (Fsp3) is 0.417. The van der Waals surface area contributed by atoms with Gasteiger partial charge in [-0.1, -0.05) is 26.0 Å². The minimum Gasteiger partial charge on any atom is -0.462 e. The van der Waals surface area contributed by atoms with Crippen molar-refractivity contribution in [2.75, 3.05) is 37.5 Å². The van der Waals surface area contributed by atoms with Gasteiger partial charge in [-0.2, -0.15) is 0 Å². The van der Waals surface area contributed by atoms with E-state index in [4.69, 9.17) is 16.3 Å². The molecule has 0 saturated carbocycles. The smallest absolute Gasteiger partial charge is 0.341 e. The lowest BCUT2D eigenvalue weighted by molar-refractivity contribution is -0.136. The lowest BCUT2D eigenvalue weighted by Crippen LogP contribution is -2.36. The number of allylic oxidation sites excluding steroid dienone is 1. The SMILES string of the molecule is C/C=C/C(=O)N1C=C(C(=O)OCC)c2[nH]c3cc(N(C)CCCl)ccc3c2C(C)(C)C1. The Balaban J connectivity index is 2.22. The van der Waals surface area contributed by atoms with Crippen LogP contribution >= 0.6 is 11.6 Å². The molecule has 1 aliphatic rings. The molecule has 0 bridgehead atoms. The number of hydrogen-bond donors (Lipinski definition) is 1. The van der Waals surface area contributed by atoms with Crippen molar-refractivity contribution in [2.24, 2.45) is 0 Å². The first kappa shape index (κ1) is 22.9. The van der Waals surface area contributed by atoms with Crippen LogP contribution in [0.25, 0.3) is 16.5 Å². The van der Waals surface area contributed by atoms with E-state index < -0.39 is 11.4 Å². The predicted molar refractivity (Wildman–Crippen MR) is 126 cm³/mol. The monoisotopic (exact) mass is 443 g/mol. The number of nitrogens with zero attached hydrogens (tertiary/aromatic N) is 2. The Kier molecular flexibility index (Phi) is 6.80. The molecule has 2 aromatic rings. The van der Waals surface area contributed by atoms with E-state index in [9.17, 15) is 9.59 Å². The van der Waals surface area contributed by atoms with Crippen molar-refractivity contribution in [3.05, 3.63) is 47.8 Å². The molecule has 0 fully saturated rings. The normalized spacial score (nSPS) is 15.5. The Morgan fingerprint density at radius 1 is 1.35 bits per heavy atom. The maximum atomic E-state index is 12.9. The van der Waals surface area contributed by atoms with Gasteiger partial charge in [0.2, 0.25) is 5.91 Å². The van der Waals surface area contributed by atoms with Crippen LogP contribution in [0.2, 0.25) is 0 Å². The van der Waals surface area contributed by atoms with Gasteiger partial charge in [-0.05, 0) is 37.6 Å². The Labute approximate surface area is 188 Å². The summed E-state index contributed by atoms with van der Waals surface area (Å²) in [5, 5.41) is 1.03. The van der Waals surface area contributed by atoms with Gasteiger partial charge in [-0.15, -0.1) is 11.6 Å². The number of nitrogens with one attached hydrogen (secondary N) is 1. The van der Waals surface area contributed by atoms with Crippen LogP contribution in [0.4, 0.5) is 5.69 Å². The van der Waals surface area contributed by atoms with Crippen LogP contribution in [0.3, 0.4) is 0 Å². The van der Waals surface area contributed by atoms with Crippen molar-refractivity contribution < 1.29 is 14.3 Å². The summed E-state index contributed by atoms with van der Waals surface area (Å²) in [5.74, 6) is -0.0863. The first-order valence-corrected chi connectivity index (χ1v) is 11.0. The molecule has 6 nitrogen and oxygen atoms in total. The third kappa shape index (κ3) is 4.49. The molecule has 1 N–H and O–H groups in total. The summed E-state index contributed by atoms with van der Waals surface area (Å²) in [6, 6.07) is 6.19. The molecule has 31 heavy (non-hydrogen) atoms. The molecule has 0 saturated heterocycles. The average molecular weight is 444 g/mol. The molecule has 0 aliphatic carbocycles. The fourth-order valence-corrected chi connectivity index (χ4v) is 4.35. The maximum absolute atomic E-state index is 12.9. The Hall–Kier alpha value is -2.73. The van der Waals surface area contributed by atoms with Crippen LogP contribution in [0, 0.1) is 0 Å². The van der Waals surface area contributed by atoms with Gasteiger partial charge in [-0.3, -0.25) is 4.79 Å². The predicted octanol–water partition coefficient (Wildman–Crippen LogP) is 4.44. The van der Waals surface area contributed by atoms with E-state index in [0.717, 1.165) is 28.7 Å². The minimum absolute atomic E-state index is 0.170. The molecular weight excluding hydrogens is 414 g/mol. The summed E-state index contributed by atoms with van der Waals surface area (Å²) in [4.78, 5) is 32.7. The quantitative estimate of drug-likeness (QED) is 0.407. The van der Waals surface area contributed by atoms with Crippen molar-refractivity contribution >= 4 is 45.6 Å². The number of benzene rings is 1. The molecular formula is C24H30ClN3O3. The summed E-state index contributed by atoms with van der Waals surface area (Å²) in [5.41, 5.74) is 3.62.